The summed E-state index contributed by atoms with van der Waals surface area (Å²) in [4.78, 5) is 28.0. The Balaban J connectivity index is 1.89. The Bertz CT molecular complexity index is 804. The molecule has 2 aromatic rings. The van der Waals surface area contributed by atoms with E-state index in [2.05, 4.69) is 15.2 Å². The zero-order chi connectivity index (χ0) is 20.4. The maximum Gasteiger partial charge on any atom is 0.306 e. The van der Waals surface area contributed by atoms with Crippen LogP contribution in [0.4, 0.5) is 0 Å². The Morgan fingerprint density at radius 1 is 1.07 bits per heavy atom. The molecular weight excluding hydrogens is 358 g/mol. The number of carbonyl (C=O) groups is 2. The summed E-state index contributed by atoms with van der Waals surface area (Å²) < 4.78 is 4.56. The Labute approximate surface area is 164 Å². The first-order valence-electron chi connectivity index (χ1n) is 8.93. The third-order valence-corrected chi connectivity index (χ3v) is 4.13. The van der Waals surface area contributed by atoms with Crippen LogP contribution in [0.1, 0.15) is 18.9 Å². The lowest BCUT2D eigenvalue weighted by atomic mass is 10.0. The van der Waals surface area contributed by atoms with Gasteiger partial charge >= 0.3 is 5.97 Å². The molecule has 0 aliphatic carbocycles. The molecule has 1 atom stereocenters. The molecule has 0 radical (unpaired) electrons. The van der Waals surface area contributed by atoms with Gasteiger partial charge in [-0.15, -0.1) is 0 Å². The van der Waals surface area contributed by atoms with Gasteiger partial charge in [0.2, 0.25) is 0 Å². The molecule has 3 N–H and O–H groups in total. The number of amidine groups is 1. The van der Waals surface area contributed by atoms with Crippen molar-refractivity contribution in [2.45, 2.75) is 19.4 Å². The lowest BCUT2D eigenvalue weighted by molar-refractivity contribution is -0.140. The SMILES string of the molecule is COC(=O)CCNC(CON=C(N)c1ccc(-c2ccccc2)cc1)C(C)=O. The van der Waals surface area contributed by atoms with Gasteiger partial charge in [-0.25, -0.2) is 0 Å². The number of benzene rings is 2. The van der Waals surface area contributed by atoms with E-state index in [1.807, 2.05) is 54.6 Å². The minimum atomic E-state index is -0.582. The highest BCUT2D eigenvalue weighted by Gasteiger charge is 2.15. The van der Waals surface area contributed by atoms with Crippen LogP contribution in [0, 0.1) is 0 Å². The van der Waals surface area contributed by atoms with Gasteiger partial charge in [-0.2, -0.15) is 0 Å². The van der Waals surface area contributed by atoms with E-state index in [9.17, 15) is 9.59 Å². The summed E-state index contributed by atoms with van der Waals surface area (Å²) in [5, 5.41) is 6.83. The van der Waals surface area contributed by atoms with Gasteiger partial charge in [-0.05, 0) is 18.1 Å². The number of oxime groups is 1. The number of nitrogens with one attached hydrogen (secondary N) is 1. The molecule has 0 aliphatic rings. The maximum absolute atomic E-state index is 11.7. The monoisotopic (exact) mass is 383 g/mol. The second-order valence-electron chi connectivity index (χ2n) is 6.16. The van der Waals surface area contributed by atoms with Crippen LogP contribution < -0.4 is 11.1 Å². The number of esters is 1. The van der Waals surface area contributed by atoms with E-state index in [0.29, 0.717) is 6.54 Å². The number of ether oxygens (including phenoxy) is 1. The Kier molecular flexibility index (Phi) is 8.17. The smallest absolute Gasteiger partial charge is 0.306 e. The molecule has 1 unspecified atom stereocenters. The average Bonchev–Trinajstić information content (AvgIpc) is 2.72. The van der Waals surface area contributed by atoms with Crippen molar-refractivity contribution in [1.82, 2.24) is 5.32 Å². The predicted octanol–water partition coefficient (Wildman–Crippen LogP) is 2.10. The minimum Gasteiger partial charge on any atom is -0.469 e. The van der Waals surface area contributed by atoms with Gasteiger partial charge in [0.1, 0.15) is 18.4 Å². The highest BCUT2D eigenvalue weighted by atomic mass is 16.6. The van der Waals surface area contributed by atoms with Crippen molar-refractivity contribution in [2.75, 3.05) is 20.3 Å². The number of rotatable bonds is 10. The first kappa shape index (κ1) is 21.1. The van der Waals surface area contributed by atoms with Crippen molar-refractivity contribution in [3.63, 3.8) is 0 Å². The lowest BCUT2D eigenvalue weighted by Gasteiger charge is -2.14. The summed E-state index contributed by atoms with van der Waals surface area (Å²) in [7, 11) is 1.32. The first-order valence-corrected chi connectivity index (χ1v) is 8.93. The summed E-state index contributed by atoms with van der Waals surface area (Å²) >= 11 is 0. The number of methoxy groups -OCH3 is 1. The molecule has 28 heavy (non-hydrogen) atoms. The van der Waals surface area contributed by atoms with E-state index >= 15 is 0 Å². The first-order chi connectivity index (χ1) is 13.5. The molecule has 2 rings (SSSR count). The number of nitrogens with zero attached hydrogens (tertiary/aromatic N) is 1. The van der Waals surface area contributed by atoms with Gasteiger partial charge in [-0.1, -0.05) is 59.8 Å². The van der Waals surface area contributed by atoms with Gasteiger partial charge in [0.25, 0.3) is 0 Å². The number of nitrogens with two attached hydrogens (primary N) is 1. The van der Waals surface area contributed by atoms with Crippen molar-refractivity contribution in [3.05, 3.63) is 60.2 Å². The fourth-order valence-corrected chi connectivity index (χ4v) is 2.47. The van der Waals surface area contributed by atoms with Gasteiger partial charge in [0, 0.05) is 12.1 Å². The van der Waals surface area contributed by atoms with Crippen molar-refractivity contribution in [2.24, 2.45) is 10.9 Å². The summed E-state index contributed by atoms with van der Waals surface area (Å²) in [6, 6.07) is 17.1. The summed E-state index contributed by atoms with van der Waals surface area (Å²) in [6.07, 6.45) is 0.166. The zero-order valence-corrected chi connectivity index (χ0v) is 16.1. The average molecular weight is 383 g/mol. The fraction of sp³-hybridized carbons (Fsp3) is 0.286. The number of hydrogen-bond donors (Lipinski definition) is 2. The standard InChI is InChI=1S/C21H25N3O4/c1-15(25)19(23-13-12-20(26)27-2)14-28-24-21(22)18-10-8-17(9-11-18)16-6-4-3-5-7-16/h3-11,19,23H,12-14H2,1-2H3,(H2,22,24). The summed E-state index contributed by atoms with van der Waals surface area (Å²) in [6.45, 7) is 1.76. The van der Waals surface area contributed by atoms with Crippen molar-refractivity contribution < 1.29 is 19.2 Å². The highest BCUT2D eigenvalue weighted by Crippen LogP contribution is 2.19. The van der Waals surface area contributed by atoms with Crippen molar-refractivity contribution >= 4 is 17.6 Å². The highest BCUT2D eigenvalue weighted by molar-refractivity contribution is 5.97. The van der Waals surface area contributed by atoms with Gasteiger partial charge < -0.3 is 20.6 Å². The van der Waals surface area contributed by atoms with Crippen molar-refractivity contribution in [1.29, 1.82) is 0 Å². The third-order valence-electron chi connectivity index (χ3n) is 4.13. The van der Waals surface area contributed by atoms with E-state index in [1.165, 1.54) is 14.0 Å². The Hall–Kier alpha value is -3.19. The molecule has 0 bridgehead atoms. The van der Waals surface area contributed by atoms with Gasteiger partial charge in [0.05, 0.1) is 13.5 Å². The molecule has 0 saturated heterocycles. The molecular formula is C21H25N3O4. The molecule has 2 aromatic carbocycles. The topological polar surface area (TPSA) is 103 Å². The van der Waals surface area contributed by atoms with Crippen molar-refractivity contribution in [3.8, 4) is 11.1 Å². The molecule has 0 aromatic heterocycles. The van der Waals surface area contributed by atoms with Crippen LogP contribution in [0.3, 0.4) is 0 Å². The van der Waals surface area contributed by atoms with E-state index in [1.54, 1.807) is 0 Å². The van der Waals surface area contributed by atoms with Crippen LogP contribution in [-0.2, 0) is 19.2 Å². The Morgan fingerprint density at radius 2 is 1.71 bits per heavy atom. The van der Waals surface area contributed by atoms with E-state index in [4.69, 9.17) is 10.6 Å². The summed E-state index contributed by atoms with van der Waals surface area (Å²) in [5.74, 6) is -0.251. The molecule has 0 heterocycles. The minimum absolute atomic E-state index is 0.0132. The normalized spacial score (nSPS) is 12.3. The van der Waals surface area contributed by atoms with Crippen LogP contribution in [0.25, 0.3) is 11.1 Å². The lowest BCUT2D eigenvalue weighted by Crippen LogP contribution is -2.40. The number of ketones is 1. The fourth-order valence-electron chi connectivity index (χ4n) is 2.47. The molecule has 0 spiro atoms. The molecule has 148 valence electrons. The predicted molar refractivity (Wildman–Crippen MR) is 108 cm³/mol. The van der Waals surface area contributed by atoms with Crippen LogP contribution in [0.15, 0.2) is 59.8 Å². The van der Waals surface area contributed by atoms with E-state index < -0.39 is 6.04 Å². The van der Waals surface area contributed by atoms with E-state index in [0.717, 1.165) is 16.7 Å². The number of carbonyl (C=O) groups excluding carboxylic acids is 2. The molecule has 0 fully saturated rings. The van der Waals surface area contributed by atoms with Gasteiger partial charge in [-0.3, -0.25) is 9.59 Å². The largest absolute Gasteiger partial charge is 0.469 e. The second-order valence-corrected chi connectivity index (χ2v) is 6.16. The molecule has 0 aliphatic heterocycles. The van der Waals surface area contributed by atoms with Gasteiger partial charge in [0.15, 0.2) is 5.84 Å². The number of hydrogen-bond acceptors (Lipinski definition) is 6. The maximum atomic E-state index is 11.7. The van der Waals surface area contributed by atoms with Crippen LogP contribution in [-0.4, -0.2) is 43.9 Å². The number of Topliss-reactive ketones (excluding diaryl/α,β-unsaturated/α-hetero) is 1. The second kappa shape index (κ2) is 10.8. The quantitative estimate of drug-likeness (QED) is 0.282. The summed E-state index contributed by atoms with van der Waals surface area (Å²) in [5.41, 5.74) is 8.87. The van der Waals surface area contributed by atoms with Crippen LogP contribution in [0.2, 0.25) is 0 Å². The van der Waals surface area contributed by atoms with E-state index in [-0.39, 0.29) is 30.6 Å². The molecule has 7 heteroatoms. The van der Waals surface area contributed by atoms with Crippen LogP contribution >= 0.6 is 0 Å². The third kappa shape index (κ3) is 6.51. The molecule has 0 amide bonds. The zero-order valence-electron chi connectivity index (χ0n) is 16.1. The Morgan fingerprint density at radius 3 is 2.32 bits per heavy atom. The molecule has 0 saturated carbocycles. The molecule has 7 nitrogen and oxygen atoms in total. The van der Waals surface area contributed by atoms with Crippen LogP contribution in [0.5, 0.6) is 0 Å².